The number of rotatable bonds is 7. The van der Waals surface area contributed by atoms with Crippen molar-refractivity contribution in [3.8, 4) is 23.1 Å². The van der Waals surface area contributed by atoms with Crippen molar-refractivity contribution >= 4 is 36.1 Å². The van der Waals surface area contributed by atoms with Gasteiger partial charge in [0, 0.05) is 49.9 Å². The second kappa shape index (κ2) is 20.8. The second-order valence-corrected chi connectivity index (χ2v) is 11.1. The average molecular weight is 675 g/mol. The van der Waals surface area contributed by atoms with Gasteiger partial charge in [0.25, 0.3) is 0 Å². The van der Waals surface area contributed by atoms with E-state index in [1.54, 1.807) is 31.3 Å². The zero-order valence-corrected chi connectivity index (χ0v) is 27.8. The minimum absolute atomic E-state index is 0.0464. The topological polar surface area (TPSA) is 130 Å². The summed E-state index contributed by atoms with van der Waals surface area (Å²) in [7, 11) is 7.53. The first-order chi connectivity index (χ1) is 22.6. The molecule has 11 nitrogen and oxygen atoms in total. The molecule has 1 aromatic heterocycles. The second-order valence-electron chi connectivity index (χ2n) is 10.7. The number of carbonyl (C=O) groups is 3. The summed E-state index contributed by atoms with van der Waals surface area (Å²) in [5.41, 5.74) is 1.64. The zero-order chi connectivity index (χ0) is 34.8. The maximum absolute atomic E-state index is 14.0. The number of likely N-dealkylation sites (N-methyl/N-ethyl adjacent to an activating group) is 1. The molecule has 0 spiro atoms. The molecule has 2 saturated heterocycles. The minimum Gasteiger partial charge on any atom is -0.476 e. The van der Waals surface area contributed by atoms with Crippen LogP contribution in [0.2, 0.25) is 5.02 Å². The van der Waals surface area contributed by atoms with Crippen LogP contribution in [0, 0.1) is 28.9 Å². The Morgan fingerprint density at radius 3 is 2.17 bits per heavy atom. The van der Waals surface area contributed by atoms with Crippen LogP contribution in [-0.4, -0.2) is 105 Å². The van der Waals surface area contributed by atoms with Gasteiger partial charge in [-0.15, -0.1) is 0 Å². The maximum atomic E-state index is 14.0. The van der Waals surface area contributed by atoms with Crippen LogP contribution < -0.4 is 10.1 Å². The van der Waals surface area contributed by atoms with Gasteiger partial charge in [0.2, 0.25) is 5.82 Å². The summed E-state index contributed by atoms with van der Waals surface area (Å²) in [6.45, 7) is 5.82. The smallest absolute Gasteiger partial charge is 0.201 e. The number of ether oxygens (including phenoxy) is 2. The molecular formula is C33H41ClF2N6O5. The summed E-state index contributed by atoms with van der Waals surface area (Å²) in [6.07, 6.45) is 5.73. The van der Waals surface area contributed by atoms with Crippen molar-refractivity contribution in [2.24, 2.45) is 13.0 Å². The number of aromatic nitrogens is 2. The lowest BCUT2D eigenvalue weighted by Gasteiger charge is -2.25. The summed E-state index contributed by atoms with van der Waals surface area (Å²) in [5.74, 6) is -2.20. The van der Waals surface area contributed by atoms with Gasteiger partial charge in [-0.2, -0.15) is 9.65 Å². The van der Waals surface area contributed by atoms with Gasteiger partial charge in [0.15, 0.2) is 36.6 Å². The lowest BCUT2D eigenvalue weighted by Crippen LogP contribution is -2.32. The normalized spacial score (nSPS) is 14.9. The highest BCUT2D eigenvalue weighted by molar-refractivity contribution is 6.33. The lowest BCUT2D eigenvalue weighted by molar-refractivity contribution is -0.112. The van der Waals surface area contributed by atoms with E-state index in [4.69, 9.17) is 26.3 Å². The summed E-state index contributed by atoms with van der Waals surface area (Å²) in [4.78, 5) is 39.6. The first-order valence-corrected chi connectivity index (χ1v) is 15.2. The number of nitrogens with one attached hydrogen (secondary N) is 1. The van der Waals surface area contributed by atoms with Gasteiger partial charge in [0.1, 0.15) is 12.4 Å². The third-order valence-electron chi connectivity index (χ3n) is 7.35. The Bertz CT molecular complexity index is 1480. The van der Waals surface area contributed by atoms with Crippen LogP contribution in [0.1, 0.15) is 33.8 Å². The van der Waals surface area contributed by atoms with Crippen LogP contribution in [0.5, 0.6) is 5.75 Å². The van der Waals surface area contributed by atoms with Crippen LogP contribution >= 0.6 is 11.6 Å². The van der Waals surface area contributed by atoms with Crippen molar-refractivity contribution in [1.29, 1.82) is 5.26 Å². The molecule has 47 heavy (non-hydrogen) atoms. The molecule has 0 amide bonds. The predicted octanol–water partition coefficient (Wildman–Crippen LogP) is 4.75. The number of hydrogen-bond donors (Lipinski definition) is 1. The van der Waals surface area contributed by atoms with E-state index in [2.05, 4.69) is 34.2 Å². The molecule has 3 heterocycles. The number of imidazole rings is 1. The number of aldehydes is 3. The molecule has 0 unspecified atom stereocenters. The fourth-order valence-electron chi connectivity index (χ4n) is 4.33. The molecule has 0 bridgehead atoms. The van der Waals surface area contributed by atoms with Gasteiger partial charge in [-0.05, 0) is 70.4 Å². The van der Waals surface area contributed by atoms with Crippen molar-refractivity contribution in [3.63, 3.8) is 0 Å². The SMILES string of the molecule is CN1CCC(C=O)CC1.CN1CCOCC1.CNc1ccc(C=O)c(Cl)c1.Cn1c(-c2ccc(OCC#N)c(F)c2F)cnc1C=O. The predicted molar refractivity (Wildman–Crippen MR) is 176 cm³/mol. The van der Waals surface area contributed by atoms with Crippen LogP contribution in [0.4, 0.5) is 14.5 Å². The highest BCUT2D eigenvalue weighted by atomic mass is 35.5. The third kappa shape index (κ3) is 12.5. The summed E-state index contributed by atoms with van der Waals surface area (Å²) in [6, 6.07) is 9.38. The van der Waals surface area contributed by atoms with E-state index < -0.39 is 11.6 Å². The molecule has 0 saturated carbocycles. The van der Waals surface area contributed by atoms with Crippen molar-refractivity contribution in [3.05, 3.63) is 64.6 Å². The Hall–Kier alpha value is -4.22. The number of nitrogens with zero attached hydrogens (tertiary/aromatic N) is 5. The third-order valence-corrected chi connectivity index (χ3v) is 7.68. The molecule has 0 aliphatic carbocycles. The largest absolute Gasteiger partial charge is 0.476 e. The van der Waals surface area contributed by atoms with Crippen LogP contribution in [0.25, 0.3) is 11.3 Å². The molecule has 3 aromatic rings. The number of halogens is 3. The first-order valence-electron chi connectivity index (χ1n) is 14.9. The van der Waals surface area contributed by atoms with E-state index in [9.17, 15) is 23.2 Å². The minimum atomic E-state index is -1.19. The molecule has 5 rings (SSSR count). The van der Waals surface area contributed by atoms with E-state index in [1.165, 1.54) is 29.9 Å². The van der Waals surface area contributed by atoms with E-state index in [-0.39, 0.29) is 29.4 Å². The Morgan fingerprint density at radius 1 is 1.02 bits per heavy atom. The summed E-state index contributed by atoms with van der Waals surface area (Å²) < 4.78 is 39.0. The summed E-state index contributed by atoms with van der Waals surface area (Å²) in [5, 5.41) is 11.7. The number of nitriles is 1. The average Bonchev–Trinajstić information content (AvgIpc) is 3.46. The van der Waals surface area contributed by atoms with Crippen molar-refractivity contribution < 1.29 is 32.6 Å². The number of hydrogen-bond acceptors (Lipinski definition) is 10. The van der Waals surface area contributed by atoms with Crippen molar-refractivity contribution in [1.82, 2.24) is 19.4 Å². The molecule has 2 fully saturated rings. The molecule has 0 atom stereocenters. The van der Waals surface area contributed by atoms with E-state index in [0.29, 0.717) is 22.8 Å². The van der Waals surface area contributed by atoms with Gasteiger partial charge in [-0.3, -0.25) is 9.59 Å². The lowest BCUT2D eigenvalue weighted by atomic mass is 9.99. The Kier molecular flexibility index (Phi) is 17.3. The fourth-order valence-corrected chi connectivity index (χ4v) is 4.56. The van der Waals surface area contributed by atoms with E-state index in [1.807, 2.05) is 0 Å². The van der Waals surface area contributed by atoms with Crippen molar-refractivity contribution in [2.45, 2.75) is 12.8 Å². The standard InChI is InChI=1S/C13H9F2N3O2.C8H8ClNO.C7H13NO.C5H11NO/c1-18-9(6-17-11(18)7-19)8-2-3-10(20-5-4-16)13(15)12(8)14;1-10-7-3-2-6(5-11)8(9)4-7;1-8-4-2-7(6-9)3-5-8;1-6-2-4-7-5-3-6/h2-3,6-7H,5H2,1H3;2-5,10H,1H3;6-7H,2-5H2,1H3;2-5H2,1H3. The molecule has 0 radical (unpaired) electrons. The number of piperidine rings is 1. The van der Waals surface area contributed by atoms with Crippen LogP contribution in [0.3, 0.4) is 0 Å². The molecule has 2 aliphatic heterocycles. The molecule has 1 N–H and O–H groups in total. The number of morpholine rings is 1. The highest BCUT2D eigenvalue weighted by Crippen LogP contribution is 2.30. The number of anilines is 1. The van der Waals surface area contributed by atoms with Crippen LogP contribution in [-0.2, 0) is 16.6 Å². The highest BCUT2D eigenvalue weighted by Gasteiger charge is 2.19. The Labute approximate surface area is 279 Å². The molecular weight excluding hydrogens is 634 g/mol. The van der Waals surface area contributed by atoms with Gasteiger partial charge >= 0.3 is 0 Å². The fraction of sp³-hybridized carbons (Fsp3) is 0.424. The van der Waals surface area contributed by atoms with E-state index in [0.717, 1.165) is 70.5 Å². The Morgan fingerprint density at radius 2 is 1.68 bits per heavy atom. The molecule has 254 valence electrons. The van der Waals surface area contributed by atoms with Gasteiger partial charge in [-0.25, -0.2) is 9.37 Å². The number of benzene rings is 2. The number of likely N-dealkylation sites (tertiary alicyclic amines) is 1. The molecule has 14 heteroatoms. The molecule has 2 aromatic carbocycles. The van der Waals surface area contributed by atoms with Gasteiger partial charge in [0.05, 0.1) is 30.1 Å². The van der Waals surface area contributed by atoms with E-state index >= 15 is 0 Å². The first kappa shape index (κ1) is 39.0. The Balaban J connectivity index is 0.000000239. The summed E-state index contributed by atoms with van der Waals surface area (Å²) >= 11 is 5.74. The maximum Gasteiger partial charge on any atom is 0.201 e. The van der Waals surface area contributed by atoms with Crippen LogP contribution in [0.15, 0.2) is 36.5 Å². The van der Waals surface area contributed by atoms with Gasteiger partial charge < -0.3 is 34.0 Å². The zero-order valence-electron chi connectivity index (χ0n) is 27.0. The quantitative estimate of drug-likeness (QED) is 0.351. The molecule has 2 aliphatic rings. The monoisotopic (exact) mass is 674 g/mol. The van der Waals surface area contributed by atoms with Crippen molar-refractivity contribution in [2.75, 3.05) is 72.5 Å². The number of carbonyl (C=O) groups excluding carboxylic acids is 3. The van der Waals surface area contributed by atoms with Gasteiger partial charge in [-0.1, -0.05) is 11.6 Å².